The molecule has 218 valence electrons. The van der Waals surface area contributed by atoms with Crippen LogP contribution < -0.4 is 0 Å². The first-order chi connectivity index (χ1) is 17.8. The summed E-state index contributed by atoms with van der Waals surface area (Å²) < 4.78 is 0. The van der Waals surface area contributed by atoms with Gasteiger partial charge in [-0.05, 0) is 40.3 Å². The number of allylic oxidation sites excluding steroid dienone is 2. The quantitative estimate of drug-likeness (QED) is 0.185. The van der Waals surface area contributed by atoms with E-state index in [2.05, 4.69) is 177 Å². The van der Waals surface area contributed by atoms with Crippen LogP contribution in [0.2, 0.25) is 16.6 Å². The Kier molecular flexibility index (Phi) is 13.0. The minimum atomic E-state index is -1.87. The fourth-order valence-electron chi connectivity index (χ4n) is 4.70. The lowest BCUT2D eigenvalue weighted by molar-refractivity contribution is 0.508. The summed E-state index contributed by atoms with van der Waals surface area (Å²) in [7, 11) is -1.87. The molecule has 0 saturated carbocycles. The average Bonchev–Trinajstić information content (AvgIpc) is 2.72. The van der Waals surface area contributed by atoms with Crippen molar-refractivity contribution in [3.05, 3.63) is 33.8 Å². The molecule has 0 amide bonds. The second-order valence-corrected chi connectivity index (χ2v) is 21.6. The molecular formula is C39H58Si. The fourth-order valence-corrected chi connectivity index (χ4v) is 9.91. The summed E-state index contributed by atoms with van der Waals surface area (Å²) in [6, 6.07) is 0. The van der Waals surface area contributed by atoms with Crippen molar-refractivity contribution in [2.45, 2.75) is 141 Å². The fraction of sp³-hybridized carbons (Fsp3) is 0.641. The van der Waals surface area contributed by atoms with E-state index in [1.54, 1.807) is 0 Å². The molecule has 0 saturated heterocycles. The van der Waals surface area contributed by atoms with Crippen molar-refractivity contribution >= 4 is 8.07 Å². The molecule has 0 aliphatic rings. The maximum atomic E-state index is 5.81. The van der Waals surface area contributed by atoms with Crippen molar-refractivity contribution in [2.75, 3.05) is 0 Å². The molecule has 0 radical (unpaired) electrons. The number of rotatable bonds is 3. The van der Waals surface area contributed by atoms with Crippen molar-refractivity contribution in [1.29, 1.82) is 0 Å². The normalized spacial score (nSPS) is 12.1. The predicted octanol–water partition coefficient (Wildman–Crippen LogP) is 10.9. The first kappa shape index (κ1) is 37.5. The summed E-state index contributed by atoms with van der Waals surface area (Å²) in [4.78, 5) is 0. The zero-order valence-electron chi connectivity index (χ0n) is 29.3. The minimum absolute atomic E-state index is 0.145. The highest BCUT2D eigenvalue weighted by molar-refractivity contribution is 6.90. The molecule has 0 aliphatic heterocycles. The van der Waals surface area contributed by atoms with E-state index in [0.717, 1.165) is 22.3 Å². The van der Waals surface area contributed by atoms with E-state index in [1.165, 1.54) is 0 Å². The van der Waals surface area contributed by atoms with Crippen LogP contribution in [0.1, 0.15) is 125 Å². The largest absolute Gasteiger partial charge is 0.146 e. The highest BCUT2D eigenvalue weighted by atomic mass is 28.3. The highest BCUT2D eigenvalue weighted by Crippen LogP contribution is 2.41. The Labute approximate surface area is 251 Å². The molecule has 0 rings (SSSR count). The number of hydrogen-bond acceptors (Lipinski definition) is 0. The average molecular weight is 555 g/mol. The third-order valence-corrected chi connectivity index (χ3v) is 13.6. The lowest BCUT2D eigenvalue weighted by atomic mass is 9.82. The van der Waals surface area contributed by atoms with E-state index in [1.807, 2.05) is 0 Å². The second-order valence-electron chi connectivity index (χ2n) is 16.0. The minimum Gasteiger partial charge on any atom is -0.125 e. The van der Waals surface area contributed by atoms with Gasteiger partial charge >= 0.3 is 0 Å². The summed E-state index contributed by atoms with van der Waals surface area (Å²) in [6.07, 6.45) is 5.81. The molecule has 0 aromatic carbocycles. The van der Waals surface area contributed by atoms with E-state index in [4.69, 9.17) is 6.42 Å². The molecule has 0 fully saturated rings. The topological polar surface area (TPSA) is 0 Å². The summed E-state index contributed by atoms with van der Waals surface area (Å²) in [5.41, 5.74) is 15.7. The van der Waals surface area contributed by atoms with Crippen LogP contribution in [-0.2, 0) is 0 Å². The SMILES string of the molecule is C#CC(=C=C(C#CC#CC(=C=C(C#C[Si](C(C)C)(C(C)C)C(C)C)C(C)(C)C)C(C)(C)C)C(C)(C)C)C(C)(C)C. The molecular weight excluding hydrogens is 497 g/mol. The summed E-state index contributed by atoms with van der Waals surface area (Å²) in [6.45, 7) is 39.9. The molecule has 0 atom stereocenters. The number of hydrogen-bond donors (Lipinski definition) is 0. The van der Waals surface area contributed by atoms with Gasteiger partial charge in [0, 0.05) is 32.8 Å². The maximum Gasteiger partial charge on any atom is 0.146 e. The van der Waals surface area contributed by atoms with Gasteiger partial charge in [-0.15, -0.1) is 12.0 Å². The molecule has 0 aromatic rings. The molecule has 0 nitrogen and oxygen atoms in total. The first-order valence-electron chi connectivity index (χ1n) is 14.9. The molecule has 0 aromatic heterocycles. The Hall–Kier alpha value is -2.50. The molecule has 0 aliphatic carbocycles. The summed E-state index contributed by atoms with van der Waals surface area (Å²) >= 11 is 0. The maximum absolute atomic E-state index is 5.81. The smallest absolute Gasteiger partial charge is 0.125 e. The molecule has 0 spiro atoms. The van der Waals surface area contributed by atoms with Crippen LogP contribution in [0.5, 0.6) is 0 Å². The van der Waals surface area contributed by atoms with E-state index in [-0.39, 0.29) is 21.7 Å². The van der Waals surface area contributed by atoms with Crippen molar-refractivity contribution in [2.24, 2.45) is 21.7 Å². The third-order valence-electron chi connectivity index (χ3n) is 7.35. The van der Waals surface area contributed by atoms with Crippen LogP contribution in [0.25, 0.3) is 0 Å². The van der Waals surface area contributed by atoms with Gasteiger partial charge in [-0.2, -0.15) is 0 Å². The van der Waals surface area contributed by atoms with Gasteiger partial charge in [-0.3, -0.25) is 0 Å². The van der Waals surface area contributed by atoms with Gasteiger partial charge in [0.25, 0.3) is 0 Å². The van der Waals surface area contributed by atoms with Gasteiger partial charge in [0.1, 0.15) is 8.07 Å². The molecule has 0 bridgehead atoms. The van der Waals surface area contributed by atoms with Gasteiger partial charge in [0.05, 0.1) is 11.1 Å². The van der Waals surface area contributed by atoms with Crippen LogP contribution in [0.4, 0.5) is 0 Å². The van der Waals surface area contributed by atoms with Gasteiger partial charge in [0.15, 0.2) is 0 Å². The van der Waals surface area contributed by atoms with Gasteiger partial charge < -0.3 is 0 Å². The van der Waals surface area contributed by atoms with Crippen molar-refractivity contribution in [3.8, 4) is 47.5 Å². The van der Waals surface area contributed by atoms with Crippen LogP contribution in [0, 0.1) is 69.1 Å². The Morgan fingerprint density at radius 2 is 0.750 bits per heavy atom. The lowest BCUT2D eigenvalue weighted by Gasteiger charge is -2.38. The molecule has 0 N–H and O–H groups in total. The molecule has 0 heterocycles. The second kappa shape index (κ2) is 13.9. The van der Waals surface area contributed by atoms with Gasteiger partial charge in [-0.25, -0.2) is 0 Å². The summed E-state index contributed by atoms with van der Waals surface area (Å²) in [5.74, 6) is 19.3. The van der Waals surface area contributed by atoms with Crippen molar-refractivity contribution < 1.29 is 0 Å². The van der Waals surface area contributed by atoms with Crippen molar-refractivity contribution in [1.82, 2.24) is 0 Å². The van der Waals surface area contributed by atoms with E-state index in [0.29, 0.717) is 16.6 Å². The Bertz CT molecular complexity index is 1250. The third kappa shape index (κ3) is 10.8. The van der Waals surface area contributed by atoms with E-state index in [9.17, 15) is 0 Å². The monoisotopic (exact) mass is 554 g/mol. The summed E-state index contributed by atoms with van der Waals surface area (Å²) in [5, 5.41) is 0. The zero-order valence-corrected chi connectivity index (χ0v) is 30.3. The van der Waals surface area contributed by atoms with Crippen LogP contribution >= 0.6 is 0 Å². The van der Waals surface area contributed by atoms with E-state index >= 15 is 0 Å². The Balaban J connectivity index is 7.46. The van der Waals surface area contributed by atoms with Gasteiger partial charge in [-0.1, -0.05) is 148 Å². The van der Waals surface area contributed by atoms with Crippen LogP contribution in [0.15, 0.2) is 33.8 Å². The number of terminal acetylenes is 1. The molecule has 0 unspecified atom stereocenters. The highest BCUT2D eigenvalue weighted by Gasteiger charge is 2.42. The van der Waals surface area contributed by atoms with Crippen molar-refractivity contribution in [3.63, 3.8) is 0 Å². The first-order valence-corrected chi connectivity index (χ1v) is 17.1. The lowest BCUT2D eigenvalue weighted by Crippen LogP contribution is -2.43. The zero-order chi connectivity index (χ0) is 31.9. The Morgan fingerprint density at radius 3 is 1.00 bits per heavy atom. The predicted molar refractivity (Wildman–Crippen MR) is 182 cm³/mol. The van der Waals surface area contributed by atoms with Gasteiger partial charge in [0.2, 0.25) is 0 Å². The Morgan fingerprint density at radius 1 is 0.475 bits per heavy atom. The van der Waals surface area contributed by atoms with Crippen LogP contribution in [-0.4, -0.2) is 8.07 Å². The molecule has 1 heteroatoms. The standard InChI is InChI=1S/C39H58Si/c1-20-32(36(8,9)10)27-33(37(11,12)13)23-21-22-24-34(38(14,15)16)28-35(39(17,18)19)25-26-40(29(2)3,30(4)5)31(6)7/h1,29-31H,2-19H3. The van der Waals surface area contributed by atoms with E-state index < -0.39 is 8.07 Å². The molecule has 40 heavy (non-hydrogen) atoms. The van der Waals surface area contributed by atoms with Crippen LogP contribution in [0.3, 0.4) is 0 Å².